The van der Waals surface area contributed by atoms with Gasteiger partial charge in [-0.2, -0.15) is 0 Å². The molecule has 0 aliphatic carbocycles. The third-order valence-corrected chi connectivity index (χ3v) is 4.49. The number of ether oxygens (including phenoxy) is 2. The summed E-state index contributed by atoms with van der Waals surface area (Å²) in [5, 5.41) is 6.89. The van der Waals surface area contributed by atoms with Crippen LogP contribution < -0.4 is 10.1 Å². The van der Waals surface area contributed by atoms with Gasteiger partial charge in [-0.1, -0.05) is 22.8 Å². The zero-order valence-electron chi connectivity index (χ0n) is 16.6. The normalized spacial score (nSPS) is 11.6. The first kappa shape index (κ1) is 21.3. The van der Waals surface area contributed by atoms with Crippen LogP contribution in [0.4, 0.5) is 5.82 Å². The third kappa shape index (κ3) is 5.36. The first-order chi connectivity index (χ1) is 14.3. The topological polar surface area (TPSA) is 104 Å². The zero-order chi connectivity index (χ0) is 21.7. The van der Waals surface area contributed by atoms with Gasteiger partial charge in [0.15, 0.2) is 6.10 Å². The van der Waals surface area contributed by atoms with Crippen LogP contribution in [0.15, 0.2) is 47.1 Å². The molecule has 2 aromatic heterocycles. The molecule has 0 saturated heterocycles. The fraction of sp³-hybridized carbons (Fsp3) is 0.238. The summed E-state index contributed by atoms with van der Waals surface area (Å²) in [5.74, 6) is 0.306. The van der Waals surface area contributed by atoms with E-state index in [-0.39, 0.29) is 12.2 Å². The molecule has 0 fully saturated rings. The smallest absolute Gasteiger partial charge is 0.339 e. The van der Waals surface area contributed by atoms with Crippen molar-refractivity contribution in [3.8, 4) is 5.75 Å². The molecule has 0 bridgehead atoms. The molecule has 9 heteroatoms. The van der Waals surface area contributed by atoms with Crippen LogP contribution in [0.5, 0.6) is 5.75 Å². The lowest BCUT2D eigenvalue weighted by Crippen LogP contribution is -2.30. The van der Waals surface area contributed by atoms with Crippen molar-refractivity contribution in [2.75, 3.05) is 5.32 Å². The van der Waals surface area contributed by atoms with E-state index in [9.17, 15) is 9.59 Å². The number of hydrogen-bond acceptors (Lipinski definition) is 7. The van der Waals surface area contributed by atoms with E-state index < -0.39 is 18.0 Å². The Bertz CT molecular complexity index is 1030. The molecule has 0 aliphatic rings. The van der Waals surface area contributed by atoms with E-state index in [1.54, 1.807) is 43.3 Å². The average Bonchev–Trinajstić information content (AvgIpc) is 3.05. The quantitative estimate of drug-likeness (QED) is 0.564. The summed E-state index contributed by atoms with van der Waals surface area (Å²) in [7, 11) is 0. The summed E-state index contributed by atoms with van der Waals surface area (Å²) >= 11 is 5.76. The van der Waals surface area contributed by atoms with Gasteiger partial charge in [0.05, 0.1) is 21.8 Å². The number of nitrogens with one attached hydrogen (secondary N) is 1. The summed E-state index contributed by atoms with van der Waals surface area (Å²) in [6.07, 6.45) is 0.379. The molecular weight excluding hydrogens is 410 g/mol. The molecule has 2 heterocycles. The van der Waals surface area contributed by atoms with Crippen molar-refractivity contribution in [2.24, 2.45) is 0 Å². The van der Waals surface area contributed by atoms with E-state index in [0.717, 1.165) is 11.3 Å². The van der Waals surface area contributed by atoms with E-state index in [4.69, 9.17) is 25.6 Å². The average molecular weight is 430 g/mol. The molecule has 156 valence electrons. The van der Waals surface area contributed by atoms with Crippen LogP contribution in [0.2, 0.25) is 5.02 Å². The van der Waals surface area contributed by atoms with Gasteiger partial charge in [0, 0.05) is 6.20 Å². The van der Waals surface area contributed by atoms with E-state index in [1.807, 2.05) is 6.92 Å². The minimum absolute atomic E-state index is 0.257. The number of aromatic nitrogens is 2. The molecule has 1 N–H and O–H groups in total. The highest BCUT2D eigenvalue weighted by Crippen LogP contribution is 2.19. The Hall–Kier alpha value is -3.39. The van der Waals surface area contributed by atoms with E-state index in [0.29, 0.717) is 22.4 Å². The molecule has 1 aromatic carbocycles. The Balaban J connectivity index is 1.58. The molecule has 0 unspecified atom stereocenters. The second kappa shape index (κ2) is 9.41. The van der Waals surface area contributed by atoms with Gasteiger partial charge in [0.25, 0.3) is 5.91 Å². The maximum atomic E-state index is 12.4. The van der Waals surface area contributed by atoms with Crippen LogP contribution in [0.3, 0.4) is 0 Å². The highest BCUT2D eigenvalue weighted by atomic mass is 35.5. The largest absolute Gasteiger partial charge is 0.489 e. The summed E-state index contributed by atoms with van der Waals surface area (Å²) in [5.41, 5.74) is 1.86. The van der Waals surface area contributed by atoms with E-state index in [1.165, 1.54) is 13.1 Å². The Morgan fingerprint density at radius 2 is 2.03 bits per heavy atom. The van der Waals surface area contributed by atoms with Crippen molar-refractivity contribution >= 4 is 29.3 Å². The first-order valence-corrected chi connectivity index (χ1v) is 9.49. The predicted molar refractivity (Wildman–Crippen MR) is 110 cm³/mol. The SMILES string of the molecule is Cc1noc(C)c1COc1cccc(C(=O)O[C@@H](C)C(=O)Nc2ccc(Cl)cn2)c1. The molecular formula is C21H20ClN3O5. The fourth-order valence-corrected chi connectivity index (χ4v) is 2.65. The molecule has 1 atom stereocenters. The summed E-state index contributed by atoms with van der Waals surface area (Å²) < 4.78 is 16.1. The van der Waals surface area contributed by atoms with Crippen LogP contribution in [0, 0.1) is 13.8 Å². The lowest BCUT2D eigenvalue weighted by molar-refractivity contribution is -0.123. The van der Waals surface area contributed by atoms with Crippen molar-refractivity contribution in [3.63, 3.8) is 0 Å². The zero-order valence-corrected chi connectivity index (χ0v) is 17.4. The highest BCUT2D eigenvalue weighted by molar-refractivity contribution is 6.30. The number of nitrogens with zero attached hydrogens (tertiary/aromatic N) is 2. The van der Waals surface area contributed by atoms with Crippen molar-refractivity contribution in [3.05, 3.63) is 70.2 Å². The number of halogens is 1. The lowest BCUT2D eigenvalue weighted by Gasteiger charge is -2.14. The Morgan fingerprint density at radius 3 is 2.70 bits per heavy atom. The Morgan fingerprint density at radius 1 is 1.23 bits per heavy atom. The number of aryl methyl sites for hydroxylation is 2. The van der Waals surface area contributed by atoms with Crippen LogP contribution in [-0.4, -0.2) is 28.1 Å². The van der Waals surface area contributed by atoms with Crippen LogP contribution in [0.1, 0.15) is 34.3 Å². The van der Waals surface area contributed by atoms with Gasteiger partial charge in [0.1, 0.15) is 23.9 Å². The monoisotopic (exact) mass is 429 g/mol. The van der Waals surface area contributed by atoms with E-state index in [2.05, 4.69) is 15.5 Å². The van der Waals surface area contributed by atoms with Gasteiger partial charge >= 0.3 is 5.97 Å². The van der Waals surface area contributed by atoms with Gasteiger partial charge in [0.2, 0.25) is 0 Å². The van der Waals surface area contributed by atoms with Crippen LogP contribution in [0.25, 0.3) is 0 Å². The predicted octanol–water partition coefficient (Wildman–Crippen LogP) is 4.10. The molecule has 1 amide bonds. The van der Waals surface area contributed by atoms with E-state index >= 15 is 0 Å². The maximum absolute atomic E-state index is 12.4. The molecule has 0 saturated carbocycles. The fourth-order valence-electron chi connectivity index (χ4n) is 2.54. The number of carbonyl (C=O) groups excluding carboxylic acids is 2. The molecule has 0 spiro atoms. The molecule has 0 radical (unpaired) electrons. The Kier molecular flexibility index (Phi) is 6.68. The lowest BCUT2D eigenvalue weighted by atomic mass is 10.2. The standard InChI is InChI=1S/C21H20ClN3O5/c1-12-18(13(2)30-25-12)11-28-17-6-4-5-15(9-17)21(27)29-14(3)20(26)24-19-8-7-16(22)10-23-19/h4-10,14H,11H2,1-3H3,(H,23,24,26)/t14-/m0/s1. The minimum Gasteiger partial charge on any atom is -0.489 e. The number of carbonyl (C=O) groups is 2. The van der Waals surface area contributed by atoms with Gasteiger partial charge < -0.3 is 19.3 Å². The highest BCUT2D eigenvalue weighted by Gasteiger charge is 2.20. The third-order valence-electron chi connectivity index (χ3n) is 4.27. The van der Waals surface area contributed by atoms with Crippen LogP contribution >= 0.6 is 11.6 Å². The second-order valence-electron chi connectivity index (χ2n) is 6.52. The summed E-state index contributed by atoms with van der Waals surface area (Å²) in [4.78, 5) is 28.6. The molecule has 30 heavy (non-hydrogen) atoms. The number of benzene rings is 1. The maximum Gasteiger partial charge on any atom is 0.339 e. The first-order valence-electron chi connectivity index (χ1n) is 9.11. The summed E-state index contributed by atoms with van der Waals surface area (Å²) in [6, 6.07) is 9.66. The van der Waals surface area contributed by atoms with Crippen molar-refractivity contribution in [2.45, 2.75) is 33.5 Å². The number of esters is 1. The second-order valence-corrected chi connectivity index (χ2v) is 6.95. The minimum atomic E-state index is -1.03. The van der Waals surface area contributed by atoms with Gasteiger partial charge in [-0.05, 0) is 51.1 Å². The van der Waals surface area contributed by atoms with Crippen molar-refractivity contribution < 1.29 is 23.6 Å². The number of rotatable bonds is 7. The molecule has 0 aliphatic heterocycles. The number of anilines is 1. The number of hydrogen-bond donors (Lipinski definition) is 1. The number of pyridine rings is 1. The Labute approximate surface area is 178 Å². The van der Waals surface area contributed by atoms with Crippen molar-refractivity contribution in [1.82, 2.24) is 10.1 Å². The number of amides is 1. The van der Waals surface area contributed by atoms with Gasteiger partial charge in [-0.25, -0.2) is 9.78 Å². The summed E-state index contributed by atoms with van der Waals surface area (Å²) in [6.45, 7) is 5.36. The molecule has 8 nitrogen and oxygen atoms in total. The van der Waals surface area contributed by atoms with Gasteiger partial charge in [-0.3, -0.25) is 4.79 Å². The molecule has 3 rings (SSSR count). The van der Waals surface area contributed by atoms with Gasteiger partial charge in [-0.15, -0.1) is 0 Å². The van der Waals surface area contributed by atoms with Crippen LogP contribution in [-0.2, 0) is 16.1 Å². The molecule has 3 aromatic rings. The van der Waals surface area contributed by atoms with Crippen molar-refractivity contribution in [1.29, 1.82) is 0 Å².